The van der Waals surface area contributed by atoms with E-state index in [1.54, 1.807) is 0 Å². The van der Waals surface area contributed by atoms with E-state index in [9.17, 15) is 9.90 Å². The average Bonchev–Trinajstić information content (AvgIpc) is 2.86. The number of aliphatic hydroxyl groups excluding tert-OH is 1. The number of aliphatic hydroxyl groups is 1. The molecule has 2 rings (SSSR count). The summed E-state index contributed by atoms with van der Waals surface area (Å²) in [6.45, 7) is 5.66. The van der Waals surface area contributed by atoms with Gasteiger partial charge in [0.2, 0.25) is 5.91 Å². The molecule has 0 bridgehead atoms. The number of anilines is 1. The number of nitrogens with zero attached hydrogens (tertiary/aromatic N) is 1. The maximum absolute atomic E-state index is 12.1. The Bertz CT molecular complexity index is 460. The van der Waals surface area contributed by atoms with Gasteiger partial charge in [0, 0.05) is 11.7 Å². The molecule has 0 aliphatic carbocycles. The number of rotatable bonds is 5. The molecule has 4 heteroatoms. The third kappa shape index (κ3) is 3.81. The standard InChI is InChI=1S/C16H24N2O2/c1-12(2)13-5-3-6-14(9-13)17-16(20)10-18-8-4-7-15(18)11-19/h3,5-6,9,12,15,19H,4,7-8,10-11H2,1-2H3,(H,17,20). The largest absolute Gasteiger partial charge is 0.395 e. The molecule has 0 aromatic heterocycles. The molecule has 1 unspecified atom stereocenters. The normalized spacial score (nSPS) is 19.5. The van der Waals surface area contributed by atoms with Gasteiger partial charge in [0.05, 0.1) is 13.2 Å². The summed E-state index contributed by atoms with van der Waals surface area (Å²) in [7, 11) is 0. The summed E-state index contributed by atoms with van der Waals surface area (Å²) in [4.78, 5) is 14.1. The lowest BCUT2D eigenvalue weighted by Crippen LogP contribution is -2.38. The molecule has 0 spiro atoms. The fourth-order valence-electron chi connectivity index (χ4n) is 2.67. The molecule has 1 aliphatic heterocycles. The predicted octanol–water partition coefficient (Wildman–Crippen LogP) is 2.21. The second-order valence-corrected chi connectivity index (χ2v) is 5.78. The van der Waals surface area contributed by atoms with E-state index in [1.165, 1.54) is 5.56 Å². The molecular weight excluding hydrogens is 252 g/mol. The maximum atomic E-state index is 12.1. The lowest BCUT2D eigenvalue weighted by atomic mass is 10.0. The fourth-order valence-corrected chi connectivity index (χ4v) is 2.67. The zero-order valence-corrected chi connectivity index (χ0v) is 12.3. The molecule has 20 heavy (non-hydrogen) atoms. The number of carbonyl (C=O) groups is 1. The Labute approximate surface area is 120 Å². The van der Waals surface area contributed by atoms with Gasteiger partial charge < -0.3 is 10.4 Å². The highest BCUT2D eigenvalue weighted by Crippen LogP contribution is 2.19. The Hall–Kier alpha value is -1.39. The third-order valence-electron chi connectivity index (χ3n) is 3.89. The molecule has 110 valence electrons. The fraction of sp³-hybridized carbons (Fsp3) is 0.562. The lowest BCUT2D eigenvalue weighted by molar-refractivity contribution is -0.117. The van der Waals surface area contributed by atoms with Crippen molar-refractivity contribution in [2.75, 3.05) is 25.0 Å². The van der Waals surface area contributed by atoms with E-state index in [2.05, 4.69) is 30.1 Å². The third-order valence-corrected chi connectivity index (χ3v) is 3.89. The molecule has 1 aliphatic rings. The Kier molecular flexibility index (Phi) is 5.15. The number of hydrogen-bond donors (Lipinski definition) is 2. The van der Waals surface area contributed by atoms with Crippen molar-refractivity contribution in [2.45, 2.75) is 38.6 Å². The van der Waals surface area contributed by atoms with E-state index >= 15 is 0 Å². The van der Waals surface area contributed by atoms with Crippen molar-refractivity contribution in [3.8, 4) is 0 Å². The van der Waals surface area contributed by atoms with Gasteiger partial charge in [-0.25, -0.2) is 0 Å². The van der Waals surface area contributed by atoms with Crippen LogP contribution in [-0.4, -0.2) is 41.7 Å². The molecule has 1 atom stereocenters. The minimum atomic E-state index is -0.00810. The van der Waals surface area contributed by atoms with Crippen molar-refractivity contribution >= 4 is 11.6 Å². The number of hydrogen-bond acceptors (Lipinski definition) is 3. The van der Waals surface area contributed by atoms with Gasteiger partial charge in [-0.15, -0.1) is 0 Å². The van der Waals surface area contributed by atoms with E-state index in [0.717, 1.165) is 25.1 Å². The SMILES string of the molecule is CC(C)c1cccc(NC(=O)CN2CCCC2CO)c1. The van der Waals surface area contributed by atoms with Crippen molar-refractivity contribution < 1.29 is 9.90 Å². The Balaban J connectivity index is 1.92. The van der Waals surface area contributed by atoms with Gasteiger partial charge in [0.1, 0.15) is 0 Å². The summed E-state index contributed by atoms with van der Waals surface area (Å²) in [5.41, 5.74) is 2.07. The van der Waals surface area contributed by atoms with Gasteiger partial charge in [-0.1, -0.05) is 26.0 Å². The molecule has 1 aromatic carbocycles. The number of nitrogens with one attached hydrogen (secondary N) is 1. The molecule has 1 heterocycles. The topological polar surface area (TPSA) is 52.6 Å². The van der Waals surface area contributed by atoms with E-state index in [1.807, 2.05) is 18.2 Å². The smallest absolute Gasteiger partial charge is 0.238 e. The maximum Gasteiger partial charge on any atom is 0.238 e. The molecule has 0 saturated carbocycles. The molecule has 2 N–H and O–H groups in total. The van der Waals surface area contributed by atoms with Crippen LogP contribution in [-0.2, 0) is 4.79 Å². The lowest BCUT2D eigenvalue weighted by Gasteiger charge is -2.21. The number of carbonyl (C=O) groups excluding carboxylic acids is 1. The monoisotopic (exact) mass is 276 g/mol. The molecule has 1 fully saturated rings. The summed E-state index contributed by atoms with van der Waals surface area (Å²) in [5.74, 6) is 0.440. The van der Waals surface area contributed by atoms with Crippen molar-refractivity contribution in [1.82, 2.24) is 4.90 Å². The van der Waals surface area contributed by atoms with Crippen LogP contribution in [0.5, 0.6) is 0 Å². The van der Waals surface area contributed by atoms with E-state index in [4.69, 9.17) is 0 Å². The van der Waals surface area contributed by atoms with Crippen LogP contribution in [0.4, 0.5) is 5.69 Å². The second kappa shape index (κ2) is 6.86. The van der Waals surface area contributed by atoms with Crippen LogP contribution in [0.15, 0.2) is 24.3 Å². The minimum Gasteiger partial charge on any atom is -0.395 e. The first-order valence-electron chi connectivity index (χ1n) is 7.35. The van der Waals surface area contributed by atoms with Crippen LogP contribution in [0.1, 0.15) is 38.2 Å². The quantitative estimate of drug-likeness (QED) is 0.867. The highest BCUT2D eigenvalue weighted by molar-refractivity contribution is 5.92. The summed E-state index contributed by atoms with van der Waals surface area (Å²) in [5, 5.41) is 12.2. The van der Waals surface area contributed by atoms with Crippen LogP contribution in [0.2, 0.25) is 0 Å². The minimum absolute atomic E-state index is 0.00810. The van der Waals surface area contributed by atoms with Crippen molar-refractivity contribution in [3.05, 3.63) is 29.8 Å². The molecule has 1 aromatic rings. The second-order valence-electron chi connectivity index (χ2n) is 5.78. The van der Waals surface area contributed by atoms with Gasteiger partial charge in [0.25, 0.3) is 0 Å². The first kappa shape index (κ1) is 15.0. The summed E-state index contributed by atoms with van der Waals surface area (Å²) >= 11 is 0. The predicted molar refractivity (Wildman–Crippen MR) is 80.8 cm³/mol. The average molecular weight is 276 g/mol. The van der Waals surface area contributed by atoms with Gasteiger partial charge in [-0.3, -0.25) is 9.69 Å². The van der Waals surface area contributed by atoms with E-state index < -0.39 is 0 Å². The Morgan fingerprint density at radius 1 is 1.50 bits per heavy atom. The molecular formula is C16H24N2O2. The summed E-state index contributed by atoms with van der Waals surface area (Å²) in [6.07, 6.45) is 2.04. The molecule has 1 saturated heterocycles. The van der Waals surface area contributed by atoms with Crippen LogP contribution in [0.3, 0.4) is 0 Å². The molecule has 0 radical (unpaired) electrons. The van der Waals surface area contributed by atoms with Crippen molar-refractivity contribution in [3.63, 3.8) is 0 Å². The number of likely N-dealkylation sites (tertiary alicyclic amines) is 1. The summed E-state index contributed by atoms with van der Waals surface area (Å²) < 4.78 is 0. The Morgan fingerprint density at radius 2 is 2.30 bits per heavy atom. The zero-order chi connectivity index (χ0) is 14.5. The number of benzene rings is 1. The van der Waals surface area contributed by atoms with E-state index in [-0.39, 0.29) is 18.6 Å². The van der Waals surface area contributed by atoms with Crippen molar-refractivity contribution in [1.29, 1.82) is 0 Å². The van der Waals surface area contributed by atoms with Crippen LogP contribution in [0, 0.1) is 0 Å². The number of amides is 1. The van der Waals surface area contributed by atoms with Crippen LogP contribution in [0.25, 0.3) is 0 Å². The Morgan fingerprint density at radius 3 is 3.00 bits per heavy atom. The van der Waals surface area contributed by atoms with Crippen LogP contribution >= 0.6 is 0 Å². The van der Waals surface area contributed by atoms with Gasteiger partial charge in [0.15, 0.2) is 0 Å². The van der Waals surface area contributed by atoms with Gasteiger partial charge in [-0.2, -0.15) is 0 Å². The van der Waals surface area contributed by atoms with Crippen LogP contribution < -0.4 is 5.32 Å². The molecule has 4 nitrogen and oxygen atoms in total. The highest BCUT2D eigenvalue weighted by atomic mass is 16.3. The molecule has 1 amide bonds. The highest BCUT2D eigenvalue weighted by Gasteiger charge is 2.25. The van der Waals surface area contributed by atoms with Crippen molar-refractivity contribution in [2.24, 2.45) is 0 Å². The zero-order valence-electron chi connectivity index (χ0n) is 12.3. The first-order valence-corrected chi connectivity index (χ1v) is 7.35. The van der Waals surface area contributed by atoms with Gasteiger partial charge in [-0.05, 0) is 43.0 Å². The first-order chi connectivity index (χ1) is 9.60. The van der Waals surface area contributed by atoms with Gasteiger partial charge >= 0.3 is 0 Å². The van der Waals surface area contributed by atoms with E-state index in [0.29, 0.717) is 12.5 Å². The summed E-state index contributed by atoms with van der Waals surface area (Å²) in [6, 6.07) is 8.12.